The Morgan fingerprint density at radius 3 is 2.00 bits per heavy atom. The monoisotopic (exact) mass is 278 g/mol. The van der Waals surface area contributed by atoms with Crippen molar-refractivity contribution in [2.45, 2.75) is 66.2 Å². The second kappa shape index (κ2) is 11.5. The summed E-state index contributed by atoms with van der Waals surface area (Å²) < 4.78 is 4.67. The van der Waals surface area contributed by atoms with Crippen molar-refractivity contribution in [3.05, 3.63) is 34.9 Å². The highest BCUT2D eigenvalue weighted by Gasteiger charge is 2.00. The zero-order valence-electron chi connectivity index (χ0n) is 13.8. The van der Waals surface area contributed by atoms with Gasteiger partial charge in [0.2, 0.25) is 0 Å². The first-order valence-corrected chi connectivity index (χ1v) is 7.62. The molecule has 0 saturated carbocycles. The van der Waals surface area contributed by atoms with Gasteiger partial charge in [0.1, 0.15) is 0 Å². The molecule has 0 radical (unpaired) electrons. The molecule has 2 nitrogen and oxygen atoms in total. The molecule has 0 aromatic heterocycles. The molecule has 0 aromatic carbocycles. The van der Waals surface area contributed by atoms with E-state index in [1.165, 1.54) is 18.3 Å². The summed E-state index contributed by atoms with van der Waals surface area (Å²) in [5.74, 6) is -0.245. The van der Waals surface area contributed by atoms with Crippen LogP contribution in [0.4, 0.5) is 0 Å². The molecule has 0 amide bonds. The Kier molecular flexibility index (Phi) is 10.8. The van der Waals surface area contributed by atoms with Crippen LogP contribution in [0, 0.1) is 0 Å². The molecule has 2 heteroatoms. The number of methoxy groups -OCH3 is 1. The highest BCUT2D eigenvalue weighted by Crippen LogP contribution is 2.16. The van der Waals surface area contributed by atoms with Gasteiger partial charge in [-0.3, -0.25) is 0 Å². The molecule has 0 fully saturated rings. The molecule has 0 aromatic rings. The predicted octanol–water partition coefficient (Wildman–Crippen LogP) is 5.36. The van der Waals surface area contributed by atoms with Crippen molar-refractivity contribution in [2.24, 2.45) is 0 Å². The third-order valence-electron chi connectivity index (χ3n) is 3.35. The fourth-order valence-corrected chi connectivity index (χ4v) is 2.01. The molecule has 0 spiro atoms. The molecule has 0 atom stereocenters. The number of ether oxygens (including phenoxy) is 1. The Labute approximate surface area is 124 Å². The van der Waals surface area contributed by atoms with Crippen LogP contribution in [0.15, 0.2) is 34.9 Å². The first-order chi connectivity index (χ1) is 9.53. The van der Waals surface area contributed by atoms with Gasteiger partial charge in [-0.05, 0) is 52.4 Å². The van der Waals surface area contributed by atoms with E-state index in [1.54, 1.807) is 6.08 Å². The molecule has 114 valence electrons. The molecule has 0 aliphatic rings. The Morgan fingerprint density at radius 2 is 1.50 bits per heavy atom. The molecule has 0 aliphatic heterocycles. The van der Waals surface area contributed by atoms with Crippen molar-refractivity contribution < 1.29 is 9.53 Å². The lowest BCUT2D eigenvalue weighted by molar-refractivity contribution is -0.134. The van der Waals surface area contributed by atoms with Gasteiger partial charge in [0.15, 0.2) is 0 Å². The van der Waals surface area contributed by atoms with Crippen LogP contribution in [0.2, 0.25) is 0 Å². The lowest BCUT2D eigenvalue weighted by atomic mass is 10.0. The minimum atomic E-state index is -0.245. The van der Waals surface area contributed by atoms with Crippen molar-refractivity contribution in [3.8, 4) is 0 Å². The summed E-state index contributed by atoms with van der Waals surface area (Å²) in [6, 6.07) is 0. The van der Waals surface area contributed by atoms with Gasteiger partial charge in [-0.2, -0.15) is 0 Å². The molecule has 0 rings (SSSR count). The number of carbonyl (C=O) groups excluding carboxylic acids is 1. The fourth-order valence-electron chi connectivity index (χ4n) is 2.01. The molecule has 0 bridgehead atoms. The second-order valence-electron chi connectivity index (χ2n) is 5.25. The molecular weight excluding hydrogens is 248 g/mol. The van der Waals surface area contributed by atoms with E-state index < -0.39 is 0 Å². The highest BCUT2D eigenvalue weighted by atomic mass is 16.5. The minimum absolute atomic E-state index is 0.245. The van der Waals surface area contributed by atoms with E-state index in [-0.39, 0.29) is 5.97 Å². The van der Waals surface area contributed by atoms with Gasteiger partial charge < -0.3 is 4.74 Å². The Bertz CT molecular complexity index is 369. The van der Waals surface area contributed by atoms with Crippen LogP contribution in [0.25, 0.3) is 0 Å². The highest BCUT2D eigenvalue weighted by molar-refractivity contribution is 5.82. The minimum Gasteiger partial charge on any atom is -0.466 e. The van der Waals surface area contributed by atoms with Crippen molar-refractivity contribution in [3.63, 3.8) is 0 Å². The van der Waals surface area contributed by atoms with Gasteiger partial charge in [-0.25, -0.2) is 4.79 Å². The summed E-state index contributed by atoms with van der Waals surface area (Å²) in [6.45, 7) is 8.56. The molecule has 0 aliphatic carbocycles. The normalized spacial score (nSPS) is 12.2. The second-order valence-corrected chi connectivity index (χ2v) is 5.25. The van der Waals surface area contributed by atoms with Gasteiger partial charge in [0.05, 0.1) is 7.11 Å². The van der Waals surface area contributed by atoms with E-state index in [4.69, 9.17) is 0 Å². The zero-order valence-corrected chi connectivity index (χ0v) is 13.8. The van der Waals surface area contributed by atoms with Crippen LogP contribution in [0.5, 0.6) is 0 Å². The topological polar surface area (TPSA) is 26.3 Å². The summed E-state index contributed by atoms with van der Waals surface area (Å²) in [5, 5.41) is 0. The summed E-state index contributed by atoms with van der Waals surface area (Å²) in [5.41, 5.74) is 4.05. The van der Waals surface area contributed by atoms with Gasteiger partial charge in [-0.1, -0.05) is 42.7 Å². The van der Waals surface area contributed by atoms with E-state index in [0.29, 0.717) is 0 Å². The summed E-state index contributed by atoms with van der Waals surface area (Å²) in [7, 11) is 1.42. The third-order valence-corrected chi connectivity index (χ3v) is 3.35. The van der Waals surface area contributed by atoms with Gasteiger partial charge in [0, 0.05) is 6.08 Å². The molecular formula is C18H30O2. The summed E-state index contributed by atoms with van der Waals surface area (Å²) >= 11 is 0. The number of rotatable bonds is 9. The van der Waals surface area contributed by atoms with E-state index in [0.717, 1.165) is 44.1 Å². The number of hydrogen-bond donors (Lipinski definition) is 0. The third kappa shape index (κ3) is 9.60. The van der Waals surface area contributed by atoms with E-state index >= 15 is 0 Å². The number of carbonyl (C=O) groups is 1. The summed E-state index contributed by atoms with van der Waals surface area (Å²) in [6.07, 6.45) is 12.5. The number of allylic oxidation sites excluding steroid dienone is 5. The van der Waals surface area contributed by atoms with Crippen molar-refractivity contribution >= 4 is 5.97 Å². The van der Waals surface area contributed by atoms with E-state index in [2.05, 4.69) is 44.6 Å². The lowest BCUT2D eigenvalue weighted by Gasteiger charge is -2.05. The van der Waals surface area contributed by atoms with Crippen LogP contribution < -0.4 is 0 Å². The van der Waals surface area contributed by atoms with Gasteiger partial charge in [-0.15, -0.1) is 0 Å². The van der Waals surface area contributed by atoms with Crippen molar-refractivity contribution in [1.29, 1.82) is 0 Å². The SMILES string of the molecule is CCC(=CCCC(=CC(=O)OC)CC)CCC=C(C)C. The van der Waals surface area contributed by atoms with Gasteiger partial charge in [0.25, 0.3) is 0 Å². The zero-order chi connectivity index (χ0) is 15.4. The Balaban J connectivity index is 4.32. The molecule has 20 heavy (non-hydrogen) atoms. The van der Waals surface area contributed by atoms with Crippen LogP contribution in [-0.2, 0) is 9.53 Å². The first kappa shape index (κ1) is 18.7. The van der Waals surface area contributed by atoms with Crippen molar-refractivity contribution in [2.75, 3.05) is 7.11 Å². The maximum absolute atomic E-state index is 11.2. The van der Waals surface area contributed by atoms with E-state index in [9.17, 15) is 4.79 Å². The average molecular weight is 278 g/mol. The van der Waals surface area contributed by atoms with Crippen molar-refractivity contribution in [1.82, 2.24) is 0 Å². The van der Waals surface area contributed by atoms with Gasteiger partial charge >= 0.3 is 5.97 Å². The van der Waals surface area contributed by atoms with E-state index in [1.807, 2.05) is 0 Å². The lowest BCUT2D eigenvalue weighted by Crippen LogP contribution is -1.97. The molecule has 0 N–H and O–H groups in total. The molecule has 0 heterocycles. The Hall–Kier alpha value is -1.31. The average Bonchev–Trinajstić information content (AvgIpc) is 2.43. The smallest absolute Gasteiger partial charge is 0.330 e. The largest absolute Gasteiger partial charge is 0.466 e. The first-order valence-electron chi connectivity index (χ1n) is 7.62. The van der Waals surface area contributed by atoms with Crippen LogP contribution >= 0.6 is 0 Å². The maximum Gasteiger partial charge on any atom is 0.330 e. The molecule has 0 saturated heterocycles. The fraction of sp³-hybridized carbons (Fsp3) is 0.611. The van der Waals surface area contributed by atoms with Crippen LogP contribution in [0.3, 0.4) is 0 Å². The number of hydrogen-bond acceptors (Lipinski definition) is 2. The standard InChI is InChI=1S/C18H30O2/c1-6-16(11-8-10-15(3)4)12-9-13-17(7-2)14-18(19)20-5/h10,12,14H,6-9,11,13H2,1-5H3. The number of esters is 1. The molecule has 0 unspecified atom stereocenters. The Morgan fingerprint density at radius 1 is 0.950 bits per heavy atom. The predicted molar refractivity (Wildman–Crippen MR) is 86.7 cm³/mol. The quantitative estimate of drug-likeness (QED) is 0.322. The summed E-state index contributed by atoms with van der Waals surface area (Å²) in [4.78, 5) is 11.2. The maximum atomic E-state index is 11.2. The van der Waals surface area contributed by atoms with Crippen LogP contribution in [-0.4, -0.2) is 13.1 Å². The van der Waals surface area contributed by atoms with Crippen LogP contribution in [0.1, 0.15) is 66.2 Å².